The average Bonchev–Trinajstić information content (AvgIpc) is 2.68. The van der Waals surface area contributed by atoms with Gasteiger partial charge in [0.2, 0.25) is 0 Å². The second-order valence-electron chi connectivity index (χ2n) is 8.34. The summed E-state index contributed by atoms with van der Waals surface area (Å²) >= 11 is 0. The molecule has 6 heteroatoms. The minimum atomic E-state index is -0.453. The number of ether oxygens (including phenoxy) is 2. The molecule has 0 radical (unpaired) electrons. The van der Waals surface area contributed by atoms with Crippen molar-refractivity contribution in [2.75, 3.05) is 39.4 Å². The number of carbonyl (C=O) groups is 1. The van der Waals surface area contributed by atoms with Gasteiger partial charge in [-0.05, 0) is 63.9 Å². The SMILES string of the molecule is CCN1CC(CF)OC2(CCN(C(=O)c3ccc(OC(C)C)c(C)c3)CC2)C1. The molecule has 0 aliphatic carbocycles. The minimum absolute atomic E-state index is 0.0410. The number of amides is 1. The summed E-state index contributed by atoms with van der Waals surface area (Å²) in [6.07, 6.45) is 1.25. The summed E-state index contributed by atoms with van der Waals surface area (Å²) in [6.45, 7) is 11.2. The quantitative estimate of drug-likeness (QED) is 0.770. The number of hydrogen-bond acceptors (Lipinski definition) is 4. The molecule has 1 amide bonds. The summed E-state index contributed by atoms with van der Waals surface area (Å²) in [5.41, 5.74) is 1.33. The molecule has 1 atom stereocenters. The first kappa shape index (κ1) is 21.1. The van der Waals surface area contributed by atoms with Gasteiger partial charge >= 0.3 is 0 Å². The van der Waals surface area contributed by atoms with Crippen molar-refractivity contribution in [3.63, 3.8) is 0 Å². The Morgan fingerprint density at radius 2 is 2.07 bits per heavy atom. The third-order valence-corrected chi connectivity index (χ3v) is 5.76. The van der Waals surface area contributed by atoms with Crippen LogP contribution in [0.25, 0.3) is 0 Å². The third-order valence-electron chi connectivity index (χ3n) is 5.76. The van der Waals surface area contributed by atoms with Gasteiger partial charge in [0.15, 0.2) is 0 Å². The van der Waals surface area contributed by atoms with E-state index >= 15 is 0 Å². The van der Waals surface area contributed by atoms with Crippen molar-refractivity contribution >= 4 is 5.91 Å². The fourth-order valence-electron chi connectivity index (χ4n) is 4.25. The van der Waals surface area contributed by atoms with Gasteiger partial charge in [0.05, 0.1) is 17.8 Å². The van der Waals surface area contributed by atoms with E-state index in [0.717, 1.165) is 37.2 Å². The second kappa shape index (κ2) is 8.78. The van der Waals surface area contributed by atoms with Crippen LogP contribution in [0.3, 0.4) is 0 Å². The highest BCUT2D eigenvalue weighted by molar-refractivity contribution is 5.94. The number of halogens is 1. The molecule has 1 aromatic carbocycles. The molecule has 0 aromatic heterocycles. The van der Waals surface area contributed by atoms with Crippen LogP contribution in [0.5, 0.6) is 5.75 Å². The van der Waals surface area contributed by atoms with E-state index in [4.69, 9.17) is 9.47 Å². The maximum absolute atomic E-state index is 13.3. The Bertz CT molecular complexity index is 672. The molecule has 0 saturated carbocycles. The largest absolute Gasteiger partial charge is 0.491 e. The molecule has 2 fully saturated rings. The van der Waals surface area contributed by atoms with E-state index in [1.165, 1.54) is 0 Å². The zero-order valence-corrected chi connectivity index (χ0v) is 17.5. The highest BCUT2D eigenvalue weighted by Gasteiger charge is 2.43. The van der Waals surface area contributed by atoms with Crippen LogP contribution in [0.2, 0.25) is 0 Å². The number of aryl methyl sites for hydroxylation is 1. The number of likely N-dealkylation sites (tertiary alicyclic amines) is 1. The lowest BCUT2D eigenvalue weighted by molar-refractivity contribution is -0.176. The minimum Gasteiger partial charge on any atom is -0.491 e. The molecule has 1 aromatic rings. The maximum Gasteiger partial charge on any atom is 0.253 e. The molecular weight excluding hydrogens is 359 g/mol. The topological polar surface area (TPSA) is 42.0 Å². The molecule has 1 unspecified atom stereocenters. The molecule has 2 saturated heterocycles. The normalized spacial score (nSPS) is 22.6. The number of nitrogens with zero attached hydrogens (tertiary/aromatic N) is 2. The number of rotatable bonds is 5. The summed E-state index contributed by atoms with van der Waals surface area (Å²) in [6, 6.07) is 5.62. The van der Waals surface area contributed by atoms with Gasteiger partial charge in [0.25, 0.3) is 5.91 Å². The van der Waals surface area contributed by atoms with E-state index < -0.39 is 6.67 Å². The van der Waals surface area contributed by atoms with Crippen molar-refractivity contribution in [2.24, 2.45) is 0 Å². The van der Waals surface area contributed by atoms with Crippen molar-refractivity contribution in [3.05, 3.63) is 29.3 Å². The van der Waals surface area contributed by atoms with E-state index in [1.807, 2.05) is 43.9 Å². The van der Waals surface area contributed by atoms with Crippen molar-refractivity contribution < 1.29 is 18.7 Å². The summed E-state index contributed by atoms with van der Waals surface area (Å²) in [4.78, 5) is 17.1. The highest BCUT2D eigenvalue weighted by Crippen LogP contribution is 2.33. The Balaban J connectivity index is 1.64. The fraction of sp³-hybridized carbons (Fsp3) is 0.682. The van der Waals surface area contributed by atoms with Crippen molar-refractivity contribution in [1.29, 1.82) is 0 Å². The smallest absolute Gasteiger partial charge is 0.253 e. The van der Waals surface area contributed by atoms with E-state index in [1.54, 1.807) is 0 Å². The number of piperidine rings is 1. The van der Waals surface area contributed by atoms with Crippen LogP contribution in [-0.2, 0) is 4.74 Å². The van der Waals surface area contributed by atoms with Gasteiger partial charge in [-0.15, -0.1) is 0 Å². The first-order chi connectivity index (χ1) is 13.4. The number of benzene rings is 1. The van der Waals surface area contributed by atoms with Gasteiger partial charge in [-0.25, -0.2) is 4.39 Å². The first-order valence-corrected chi connectivity index (χ1v) is 10.4. The lowest BCUT2D eigenvalue weighted by atomic mass is 9.88. The standard InChI is InChI=1S/C22H33FN2O3/c1-5-24-14-19(13-23)28-22(15-24)8-10-25(11-9-22)21(26)18-6-7-20(17(4)12-18)27-16(2)3/h6-7,12,16,19H,5,8-11,13-15H2,1-4H3. The summed E-state index contributed by atoms with van der Waals surface area (Å²) in [5, 5.41) is 0. The van der Waals surface area contributed by atoms with Crippen LogP contribution in [-0.4, -0.2) is 72.9 Å². The molecule has 3 rings (SSSR count). The lowest BCUT2D eigenvalue weighted by Crippen LogP contribution is -2.60. The highest BCUT2D eigenvalue weighted by atomic mass is 19.1. The Morgan fingerprint density at radius 1 is 1.36 bits per heavy atom. The predicted octanol–water partition coefficient (Wildman–Crippen LogP) is 3.45. The van der Waals surface area contributed by atoms with Gasteiger partial charge in [0.1, 0.15) is 12.4 Å². The molecule has 5 nitrogen and oxygen atoms in total. The van der Waals surface area contributed by atoms with Crippen molar-refractivity contribution in [3.8, 4) is 5.75 Å². The molecule has 0 bridgehead atoms. The van der Waals surface area contributed by atoms with Gasteiger partial charge in [-0.2, -0.15) is 0 Å². The van der Waals surface area contributed by atoms with E-state index in [-0.39, 0.29) is 23.7 Å². The van der Waals surface area contributed by atoms with E-state index in [2.05, 4.69) is 11.8 Å². The third kappa shape index (κ3) is 4.66. The summed E-state index contributed by atoms with van der Waals surface area (Å²) < 4.78 is 25.2. The van der Waals surface area contributed by atoms with Crippen LogP contribution < -0.4 is 4.74 Å². The van der Waals surface area contributed by atoms with Crippen molar-refractivity contribution in [1.82, 2.24) is 9.80 Å². The number of alkyl halides is 1. The molecule has 28 heavy (non-hydrogen) atoms. The Labute approximate surface area is 167 Å². The maximum atomic E-state index is 13.3. The zero-order chi connectivity index (χ0) is 20.3. The summed E-state index contributed by atoms with van der Waals surface area (Å²) in [5.74, 6) is 0.857. The average molecular weight is 393 g/mol. The molecule has 2 aliphatic heterocycles. The molecule has 2 heterocycles. The van der Waals surface area contributed by atoms with Crippen LogP contribution >= 0.6 is 0 Å². The van der Waals surface area contributed by atoms with Crippen LogP contribution in [0, 0.1) is 6.92 Å². The van der Waals surface area contributed by atoms with E-state index in [9.17, 15) is 9.18 Å². The molecule has 2 aliphatic rings. The molecular formula is C22H33FN2O3. The number of hydrogen-bond donors (Lipinski definition) is 0. The number of carbonyl (C=O) groups excluding carboxylic acids is 1. The van der Waals surface area contributed by atoms with Crippen LogP contribution in [0.15, 0.2) is 18.2 Å². The van der Waals surface area contributed by atoms with Gasteiger partial charge in [-0.1, -0.05) is 6.92 Å². The van der Waals surface area contributed by atoms with Crippen LogP contribution in [0.4, 0.5) is 4.39 Å². The first-order valence-electron chi connectivity index (χ1n) is 10.4. The lowest BCUT2D eigenvalue weighted by Gasteiger charge is -2.49. The fourth-order valence-corrected chi connectivity index (χ4v) is 4.25. The molecule has 0 N–H and O–H groups in total. The Hall–Kier alpha value is -1.66. The Morgan fingerprint density at radius 3 is 2.64 bits per heavy atom. The second-order valence-corrected chi connectivity index (χ2v) is 8.34. The number of likely N-dealkylation sites (N-methyl/N-ethyl adjacent to an activating group) is 1. The zero-order valence-electron chi connectivity index (χ0n) is 17.5. The van der Waals surface area contributed by atoms with Gasteiger partial charge in [-0.3, -0.25) is 9.69 Å². The van der Waals surface area contributed by atoms with Gasteiger partial charge in [0, 0.05) is 31.7 Å². The van der Waals surface area contributed by atoms with Crippen LogP contribution in [0.1, 0.15) is 49.5 Å². The summed E-state index contributed by atoms with van der Waals surface area (Å²) in [7, 11) is 0. The molecule has 1 spiro atoms. The monoisotopic (exact) mass is 392 g/mol. The Kier molecular flexibility index (Phi) is 6.61. The predicted molar refractivity (Wildman–Crippen MR) is 108 cm³/mol. The number of morpholine rings is 1. The van der Waals surface area contributed by atoms with Crippen molar-refractivity contribution in [2.45, 2.75) is 58.3 Å². The van der Waals surface area contributed by atoms with E-state index in [0.29, 0.717) is 25.2 Å². The molecule has 156 valence electrons. The van der Waals surface area contributed by atoms with Gasteiger partial charge < -0.3 is 14.4 Å².